The monoisotopic (exact) mass is 413 g/mol. The van der Waals surface area contributed by atoms with Crippen LogP contribution in [0.2, 0.25) is 0 Å². The highest BCUT2D eigenvalue weighted by atomic mass is 16.5. The fourth-order valence-corrected chi connectivity index (χ4v) is 3.58. The third-order valence-corrected chi connectivity index (χ3v) is 5.03. The lowest BCUT2D eigenvalue weighted by molar-refractivity contribution is 0.262. The maximum absolute atomic E-state index is 12.7. The van der Waals surface area contributed by atoms with Crippen LogP contribution in [0.15, 0.2) is 79.3 Å². The van der Waals surface area contributed by atoms with E-state index in [9.17, 15) is 4.79 Å². The lowest BCUT2D eigenvalue weighted by Crippen LogP contribution is -2.19. The second kappa shape index (κ2) is 7.87. The van der Waals surface area contributed by atoms with E-state index in [1.165, 1.54) is 0 Å². The first-order chi connectivity index (χ1) is 16.0. The largest absolute Gasteiger partial charge is 0.495 e. The summed E-state index contributed by atoms with van der Waals surface area (Å²) < 4.78 is 24.6. The predicted octanol–water partition coefficient (Wildman–Crippen LogP) is 5.22. The van der Waals surface area contributed by atoms with Crippen molar-refractivity contribution in [2.75, 3.05) is 17.7 Å². The number of H-pyrrole nitrogens is 1. The lowest BCUT2D eigenvalue weighted by Gasteiger charge is -2.12. The van der Waals surface area contributed by atoms with Crippen molar-refractivity contribution < 1.29 is 12.3 Å². The molecule has 2 amide bonds. The number of aromatic nitrogens is 3. The fraction of sp³-hybridized carbons (Fsp3) is 0.0833. The summed E-state index contributed by atoms with van der Waals surface area (Å²) >= 11 is 0. The van der Waals surface area contributed by atoms with E-state index >= 15 is 0 Å². The van der Waals surface area contributed by atoms with Crippen LogP contribution >= 0.6 is 0 Å². The molecule has 5 aromatic rings. The SMILES string of the molecule is [2H]C([2H])(c1c[nH]c2ncccc12)n1ccc2c(NC(=O)Nc3ccccc3OC)cccc21. The molecule has 0 aliphatic carbocycles. The molecule has 2 aromatic carbocycles. The summed E-state index contributed by atoms with van der Waals surface area (Å²) in [5.41, 5.74) is 2.87. The number of carbonyl (C=O) groups is 1. The molecular formula is C24H21N5O2. The minimum Gasteiger partial charge on any atom is -0.495 e. The van der Waals surface area contributed by atoms with Crippen LogP contribution in [-0.4, -0.2) is 27.7 Å². The number of amides is 2. The molecule has 5 rings (SSSR count). The molecule has 0 unspecified atom stereocenters. The Labute approximate surface area is 181 Å². The van der Waals surface area contributed by atoms with Gasteiger partial charge in [-0.3, -0.25) is 0 Å². The first-order valence-corrected chi connectivity index (χ1v) is 9.73. The third-order valence-electron chi connectivity index (χ3n) is 5.03. The molecule has 0 saturated carbocycles. The molecule has 0 bridgehead atoms. The molecule has 7 nitrogen and oxygen atoms in total. The Bertz CT molecular complexity index is 1470. The maximum atomic E-state index is 12.7. The predicted molar refractivity (Wildman–Crippen MR) is 123 cm³/mol. The van der Waals surface area contributed by atoms with E-state index in [-0.39, 0.29) is 0 Å². The number of para-hydroxylation sites is 2. The van der Waals surface area contributed by atoms with Crippen molar-refractivity contribution in [3.63, 3.8) is 0 Å². The highest BCUT2D eigenvalue weighted by Gasteiger charge is 2.12. The van der Waals surface area contributed by atoms with Gasteiger partial charge in [0.15, 0.2) is 0 Å². The average molecular weight is 413 g/mol. The molecule has 7 heteroatoms. The number of hydrogen-bond acceptors (Lipinski definition) is 3. The zero-order valence-electron chi connectivity index (χ0n) is 18.7. The van der Waals surface area contributed by atoms with E-state index in [0.717, 1.165) is 10.8 Å². The number of carbonyl (C=O) groups excluding carboxylic acids is 1. The van der Waals surface area contributed by atoms with E-state index in [0.29, 0.717) is 33.9 Å². The molecular weight excluding hydrogens is 390 g/mol. The minimum absolute atomic E-state index is 0.425. The van der Waals surface area contributed by atoms with Gasteiger partial charge < -0.3 is 24.9 Å². The Morgan fingerprint density at radius 1 is 1.06 bits per heavy atom. The van der Waals surface area contributed by atoms with Crippen molar-refractivity contribution in [1.82, 2.24) is 14.5 Å². The number of nitrogens with one attached hydrogen (secondary N) is 3. The van der Waals surface area contributed by atoms with Gasteiger partial charge in [-0.25, -0.2) is 9.78 Å². The Balaban J connectivity index is 1.47. The Morgan fingerprint density at radius 3 is 2.81 bits per heavy atom. The van der Waals surface area contributed by atoms with E-state index in [1.807, 2.05) is 18.2 Å². The molecule has 31 heavy (non-hydrogen) atoms. The number of nitrogens with zero attached hydrogens (tertiary/aromatic N) is 2. The number of benzene rings is 2. The molecule has 3 N–H and O–H groups in total. The summed E-state index contributed by atoms with van der Waals surface area (Å²) in [6.07, 6.45) is 4.99. The molecule has 0 atom stereocenters. The Hall–Kier alpha value is -4.26. The van der Waals surface area contributed by atoms with Crippen molar-refractivity contribution in [1.29, 1.82) is 0 Å². The Kier molecular flexibility index (Phi) is 4.20. The molecule has 0 radical (unpaired) electrons. The second-order valence-corrected chi connectivity index (χ2v) is 6.92. The summed E-state index contributed by atoms with van der Waals surface area (Å²) in [5.74, 6) is 0.554. The standard InChI is InChI=1S/C24H21N5O2/c1-31-22-10-3-2-7-20(22)28-24(30)27-19-8-4-9-21-18(19)11-13-29(21)15-16-14-26-23-17(16)6-5-12-25-23/h2-14H,15H2,1H3,(H,25,26)(H2,27,28,30)/i15D2. The number of anilines is 2. The highest BCUT2D eigenvalue weighted by molar-refractivity contribution is 6.06. The van der Waals surface area contributed by atoms with Gasteiger partial charge in [-0.15, -0.1) is 0 Å². The summed E-state index contributed by atoms with van der Waals surface area (Å²) in [4.78, 5) is 20.0. The molecule has 0 aliphatic rings. The van der Waals surface area contributed by atoms with Gasteiger partial charge in [-0.05, 0) is 48.0 Å². The van der Waals surface area contributed by atoms with E-state index in [1.54, 1.807) is 72.7 Å². The molecule has 154 valence electrons. The summed E-state index contributed by atoms with van der Waals surface area (Å²) in [6, 6.07) is 17.5. The van der Waals surface area contributed by atoms with Crippen molar-refractivity contribution in [2.24, 2.45) is 0 Å². The number of fused-ring (bicyclic) bond motifs is 2. The minimum atomic E-state index is -1.85. The van der Waals surface area contributed by atoms with Gasteiger partial charge in [0.1, 0.15) is 11.4 Å². The molecule has 3 heterocycles. The number of methoxy groups -OCH3 is 1. The average Bonchev–Trinajstić information content (AvgIpc) is 3.45. The van der Waals surface area contributed by atoms with Gasteiger partial charge in [-0.1, -0.05) is 18.2 Å². The van der Waals surface area contributed by atoms with Crippen molar-refractivity contribution >= 4 is 39.3 Å². The summed E-state index contributed by atoms with van der Waals surface area (Å²) in [6.45, 7) is -1.85. The van der Waals surface area contributed by atoms with E-state index in [4.69, 9.17) is 7.48 Å². The van der Waals surface area contributed by atoms with E-state index in [2.05, 4.69) is 20.6 Å². The number of hydrogen-bond donors (Lipinski definition) is 3. The zero-order valence-corrected chi connectivity index (χ0v) is 16.7. The van der Waals surface area contributed by atoms with Crippen molar-refractivity contribution in [3.05, 3.63) is 84.8 Å². The Morgan fingerprint density at radius 2 is 1.90 bits per heavy atom. The number of urea groups is 1. The van der Waals surface area contributed by atoms with E-state index < -0.39 is 12.5 Å². The first-order valence-electron chi connectivity index (χ1n) is 10.7. The topological polar surface area (TPSA) is 84.0 Å². The molecule has 0 aliphatic heterocycles. The number of aromatic amines is 1. The first kappa shape index (κ1) is 16.5. The van der Waals surface area contributed by atoms with Crippen LogP contribution in [0.5, 0.6) is 5.75 Å². The molecule has 0 saturated heterocycles. The fourth-order valence-electron chi connectivity index (χ4n) is 3.58. The van der Waals surface area contributed by atoms with Gasteiger partial charge in [-0.2, -0.15) is 0 Å². The lowest BCUT2D eigenvalue weighted by atomic mass is 10.2. The van der Waals surface area contributed by atoms with Crippen LogP contribution in [0.25, 0.3) is 21.9 Å². The molecule has 0 spiro atoms. The van der Waals surface area contributed by atoms with Crippen molar-refractivity contribution in [2.45, 2.75) is 6.50 Å². The maximum Gasteiger partial charge on any atom is 0.323 e. The van der Waals surface area contributed by atoms with Crippen LogP contribution in [0.3, 0.4) is 0 Å². The molecule has 0 fully saturated rings. The van der Waals surface area contributed by atoms with Crippen LogP contribution in [0.1, 0.15) is 8.30 Å². The smallest absolute Gasteiger partial charge is 0.323 e. The summed E-state index contributed by atoms with van der Waals surface area (Å²) in [7, 11) is 1.54. The number of pyridine rings is 1. The van der Waals surface area contributed by atoms with Gasteiger partial charge in [0.2, 0.25) is 0 Å². The van der Waals surface area contributed by atoms with Crippen LogP contribution in [-0.2, 0) is 6.50 Å². The number of rotatable bonds is 5. The highest BCUT2D eigenvalue weighted by Crippen LogP contribution is 2.28. The van der Waals surface area contributed by atoms with Gasteiger partial charge >= 0.3 is 6.03 Å². The van der Waals surface area contributed by atoms with Crippen LogP contribution < -0.4 is 15.4 Å². The molecule has 3 aromatic heterocycles. The third kappa shape index (κ3) is 3.57. The van der Waals surface area contributed by atoms with Crippen LogP contribution in [0, 0.1) is 0 Å². The zero-order chi connectivity index (χ0) is 23.0. The quantitative estimate of drug-likeness (QED) is 0.369. The van der Waals surface area contributed by atoms with Gasteiger partial charge in [0.05, 0.1) is 26.7 Å². The summed E-state index contributed by atoms with van der Waals surface area (Å²) in [5, 5.41) is 7.08. The normalized spacial score (nSPS) is 12.4. The van der Waals surface area contributed by atoms with Gasteiger partial charge in [0.25, 0.3) is 0 Å². The van der Waals surface area contributed by atoms with Crippen molar-refractivity contribution in [3.8, 4) is 5.75 Å². The second-order valence-electron chi connectivity index (χ2n) is 6.92. The van der Waals surface area contributed by atoms with Crippen LogP contribution in [0.4, 0.5) is 16.2 Å². The van der Waals surface area contributed by atoms with Gasteiger partial charge in [0, 0.05) is 35.9 Å². The number of ether oxygens (including phenoxy) is 1.